The van der Waals surface area contributed by atoms with Crippen molar-refractivity contribution in [3.8, 4) is 0 Å². The number of carbonyl (C=O) groups is 3. The largest absolute Gasteiger partial charge is 0.481 e. The molecule has 4 heteroatoms. The second-order valence-electron chi connectivity index (χ2n) is 12.8. The summed E-state index contributed by atoms with van der Waals surface area (Å²) in [6.45, 7) is 8.71. The van der Waals surface area contributed by atoms with E-state index >= 15 is 0 Å². The summed E-state index contributed by atoms with van der Waals surface area (Å²) in [4.78, 5) is 40.5. The van der Waals surface area contributed by atoms with Gasteiger partial charge in [0.2, 0.25) is 0 Å². The predicted molar refractivity (Wildman–Crippen MR) is 129 cm³/mol. The van der Waals surface area contributed by atoms with E-state index in [1.165, 1.54) is 5.57 Å². The van der Waals surface area contributed by atoms with E-state index < -0.39 is 11.4 Å². The van der Waals surface area contributed by atoms with Crippen molar-refractivity contribution in [3.05, 3.63) is 47.0 Å². The molecule has 7 rings (SSSR count). The Balaban J connectivity index is 1.55. The van der Waals surface area contributed by atoms with Crippen LogP contribution in [0.2, 0.25) is 0 Å². The molecule has 0 aliphatic heterocycles. The predicted octanol–water partition coefficient (Wildman–Crippen LogP) is 6.21. The van der Waals surface area contributed by atoms with Crippen LogP contribution in [0.4, 0.5) is 0 Å². The molecule has 1 aromatic carbocycles. The number of hydrogen-bond donors (Lipinski definition) is 1. The second-order valence-corrected chi connectivity index (χ2v) is 12.8. The van der Waals surface area contributed by atoms with Crippen LogP contribution >= 0.6 is 0 Å². The Hall–Kier alpha value is -2.23. The third-order valence-corrected chi connectivity index (χ3v) is 11.2. The Morgan fingerprint density at radius 2 is 1.68 bits per heavy atom. The molecule has 6 aliphatic carbocycles. The van der Waals surface area contributed by atoms with Crippen molar-refractivity contribution in [2.75, 3.05) is 0 Å². The molecule has 8 atom stereocenters. The van der Waals surface area contributed by atoms with Gasteiger partial charge in [-0.1, -0.05) is 63.1 Å². The van der Waals surface area contributed by atoms with Gasteiger partial charge in [0.05, 0.1) is 5.41 Å². The minimum atomic E-state index is -0.714. The zero-order chi connectivity index (χ0) is 24.2. The standard InChI is InChI=1S/C30H36O4/c1-16(2)20-15-30-13-10-21-28(3,11-7-12-29(21,4)27(33)34)22(30)14-19(20)23-24(30)26(32)18-9-6-5-8-17(18)25(23)31/h5-6,8-9,15-16,19,21-24H,7,10-14H2,1-4H3,(H,33,34)/t19-,21-,22-,23+,24+,28-,29+,30+/m0/s1. The summed E-state index contributed by atoms with van der Waals surface area (Å²) < 4.78 is 0. The molecule has 0 aromatic heterocycles. The third kappa shape index (κ3) is 2.48. The van der Waals surface area contributed by atoms with Gasteiger partial charge in [-0.15, -0.1) is 0 Å². The minimum absolute atomic E-state index is 0.0790. The van der Waals surface area contributed by atoms with Crippen molar-refractivity contribution >= 4 is 17.5 Å². The van der Waals surface area contributed by atoms with Crippen molar-refractivity contribution in [2.45, 2.75) is 66.2 Å². The van der Waals surface area contributed by atoms with Crippen LogP contribution in [-0.4, -0.2) is 22.6 Å². The fourth-order valence-electron chi connectivity index (χ4n) is 9.86. The monoisotopic (exact) mass is 460 g/mol. The highest BCUT2D eigenvalue weighted by molar-refractivity contribution is 6.17. The van der Waals surface area contributed by atoms with Crippen LogP contribution < -0.4 is 0 Å². The molecule has 180 valence electrons. The first-order valence-corrected chi connectivity index (χ1v) is 13.2. The maximum atomic E-state index is 14.1. The molecule has 0 amide bonds. The van der Waals surface area contributed by atoms with Crippen LogP contribution in [0.5, 0.6) is 0 Å². The molecule has 0 unspecified atom stereocenters. The number of allylic oxidation sites excluding steroid dienone is 2. The molecule has 0 radical (unpaired) electrons. The van der Waals surface area contributed by atoms with Crippen molar-refractivity contribution in [2.24, 2.45) is 51.8 Å². The van der Waals surface area contributed by atoms with Crippen molar-refractivity contribution in [3.63, 3.8) is 0 Å². The summed E-state index contributed by atoms with van der Waals surface area (Å²) in [6, 6.07) is 7.40. The highest BCUT2D eigenvalue weighted by Gasteiger charge is 2.71. The van der Waals surface area contributed by atoms with E-state index in [9.17, 15) is 19.5 Å². The maximum Gasteiger partial charge on any atom is 0.309 e. The van der Waals surface area contributed by atoms with Crippen LogP contribution in [0, 0.1) is 51.8 Å². The maximum absolute atomic E-state index is 14.1. The lowest BCUT2D eigenvalue weighted by molar-refractivity contribution is -0.189. The first kappa shape index (κ1) is 22.2. The fraction of sp³-hybridized carbons (Fsp3) is 0.633. The normalized spacial score (nSPS) is 44.6. The number of hydrogen-bond acceptors (Lipinski definition) is 3. The van der Waals surface area contributed by atoms with Crippen molar-refractivity contribution in [1.82, 2.24) is 0 Å². The molecule has 6 aliphatic rings. The number of carboxylic acids is 1. The van der Waals surface area contributed by atoms with Gasteiger partial charge in [-0.25, -0.2) is 0 Å². The Kier molecular flexibility index (Phi) is 4.53. The molecule has 2 bridgehead atoms. The summed E-state index contributed by atoms with van der Waals surface area (Å²) >= 11 is 0. The van der Waals surface area contributed by atoms with Gasteiger partial charge in [-0.2, -0.15) is 0 Å². The highest BCUT2D eigenvalue weighted by Crippen LogP contribution is 2.74. The Labute approximate surface area is 202 Å². The van der Waals surface area contributed by atoms with E-state index in [-0.39, 0.29) is 52.0 Å². The lowest BCUT2D eigenvalue weighted by Gasteiger charge is -2.70. The topological polar surface area (TPSA) is 71.4 Å². The van der Waals surface area contributed by atoms with Gasteiger partial charge in [-0.3, -0.25) is 14.4 Å². The molecular formula is C30H36O4. The molecule has 34 heavy (non-hydrogen) atoms. The van der Waals surface area contributed by atoms with Crippen LogP contribution in [0.3, 0.4) is 0 Å². The van der Waals surface area contributed by atoms with Crippen LogP contribution in [0.1, 0.15) is 86.9 Å². The Bertz CT molecular complexity index is 1150. The average Bonchev–Trinajstić information content (AvgIpc) is 2.81. The SMILES string of the molecule is CC(C)C1=C[C@]23CC[C@H]4[C@](C)(CCC[C@@]4(C)C(=O)O)[C@@H]2C[C@@H]1[C@H]1C(=O)c2ccccc2C(=O)[C@@H]13. The molecule has 3 saturated carbocycles. The first-order chi connectivity index (χ1) is 16.1. The number of rotatable bonds is 2. The molecule has 1 N–H and O–H groups in total. The summed E-state index contributed by atoms with van der Waals surface area (Å²) in [6.07, 6.45) is 7.65. The second kappa shape index (κ2) is 6.92. The van der Waals surface area contributed by atoms with E-state index in [1.54, 1.807) is 0 Å². The average molecular weight is 461 g/mol. The van der Waals surface area contributed by atoms with E-state index in [4.69, 9.17) is 0 Å². The van der Waals surface area contributed by atoms with Crippen molar-refractivity contribution < 1.29 is 19.5 Å². The smallest absolute Gasteiger partial charge is 0.309 e. The molecule has 0 saturated heterocycles. The number of aliphatic carboxylic acids is 1. The molecule has 1 spiro atoms. The van der Waals surface area contributed by atoms with Gasteiger partial charge >= 0.3 is 5.97 Å². The van der Waals surface area contributed by atoms with Gasteiger partial charge in [0.25, 0.3) is 0 Å². The molecule has 0 heterocycles. The lowest BCUT2D eigenvalue weighted by Crippen LogP contribution is -2.67. The summed E-state index contributed by atoms with van der Waals surface area (Å²) in [5.74, 6) is -0.179. The van der Waals surface area contributed by atoms with E-state index in [2.05, 4.69) is 26.8 Å². The molecular weight excluding hydrogens is 424 g/mol. The van der Waals surface area contributed by atoms with E-state index in [1.807, 2.05) is 31.2 Å². The quantitative estimate of drug-likeness (QED) is 0.533. The number of Topliss-reactive ketones (excluding diaryl/α,β-unsaturated/α-hetero) is 2. The van der Waals surface area contributed by atoms with Gasteiger partial charge < -0.3 is 5.11 Å². The van der Waals surface area contributed by atoms with E-state index in [0.29, 0.717) is 17.0 Å². The van der Waals surface area contributed by atoms with Crippen LogP contribution in [0.25, 0.3) is 0 Å². The van der Waals surface area contributed by atoms with Gasteiger partial charge in [0.15, 0.2) is 11.6 Å². The van der Waals surface area contributed by atoms with Gasteiger partial charge in [0.1, 0.15) is 0 Å². The minimum Gasteiger partial charge on any atom is -0.481 e. The Morgan fingerprint density at radius 1 is 1.00 bits per heavy atom. The number of carbonyl (C=O) groups excluding carboxylic acids is 2. The Morgan fingerprint density at radius 3 is 2.32 bits per heavy atom. The third-order valence-electron chi connectivity index (χ3n) is 11.2. The van der Waals surface area contributed by atoms with Crippen LogP contribution in [-0.2, 0) is 4.79 Å². The molecule has 3 fully saturated rings. The summed E-state index contributed by atoms with van der Waals surface area (Å²) in [5.41, 5.74) is 1.37. The zero-order valence-electron chi connectivity index (χ0n) is 20.8. The number of benzene rings is 1. The molecule has 4 nitrogen and oxygen atoms in total. The number of carboxylic acid groups (broad SMARTS) is 1. The van der Waals surface area contributed by atoms with Crippen LogP contribution in [0.15, 0.2) is 35.9 Å². The van der Waals surface area contributed by atoms with E-state index in [0.717, 1.165) is 38.5 Å². The highest BCUT2D eigenvalue weighted by atomic mass is 16.4. The number of ketones is 2. The number of fused-ring (bicyclic) bond motifs is 2. The molecule has 1 aromatic rings. The fourth-order valence-corrected chi connectivity index (χ4v) is 9.86. The van der Waals surface area contributed by atoms with Gasteiger partial charge in [0, 0.05) is 28.4 Å². The lowest BCUT2D eigenvalue weighted by atomic mass is 9.33. The zero-order valence-corrected chi connectivity index (χ0v) is 20.8. The summed E-state index contributed by atoms with van der Waals surface area (Å²) in [7, 11) is 0. The van der Waals surface area contributed by atoms with Gasteiger partial charge in [-0.05, 0) is 68.1 Å². The summed E-state index contributed by atoms with van der Waals surface area (Å²) in [5, 5.41) is 10.3. The van der Waals surface area contributed by atoms with Crippen molar-refractivity contribution in [1.29, 1.82) is 0 Å². The first-order valence-electron chi connectivity index (χ1n) is 13.2.